The van der Waals surface area contributed by atoms with Crippen molar-refractivity contribution in [3.8, 4) is 0 Å². The third-order valence-corrected chi connectivity index (χ3v) is 5.60. The first-order valence-corrected chi connectivity index (χ1v) is 7.31. The maximum atomic E-state index is 11.9. The number of hydrogen-bond donors (Lipinski definition) is 1. The molecule has 0 saturated heterocycles. The van der Waals surface area contributed by atoms with Crippen LogP contribution in [-0.4, -0.2) is 37.4 Å². The van der Waals surface area contributed by atoms with E-state index < -0.39 is 22.5 Å². The molecular formula is C7H7BrClNO4S2. The first-order chi connectivity index (χ1) is 7.25. The first kappa shape index (κ1) is 13.9. The van der Waals surface area contributed by atoms with Gasteiger partial charge < -0.3 is 5.11 Å². The molecule has 16 heavy (non-hydrogen) atoms. The molecule has 0 fully saturated rings. The Morgan fingerprint density at radius 3 is 2.62 bits per heavy atom. The molecule has 0 unspecified atom stereocenters. The highest BCUT2D eigenvalue weighted by molar-refractivity contribution is 9.11. The molecule has 0 spiro atoms. The van der Waals surface area contributed by atoms with Crippen LogP contribution in [0.1, 0.15) is 0 Å². The van der Waals surface area contributed by atoms with E-state index in [0.29, 0.717) is 3.79 Å². The summed E-state index contributed by atoms with van der Waals surface area (Å²) in [5, 5.41) is 8.52. The maximum absolute atomic E-state index is 11.9. The number of rotatable bonds is 4. The quantitative estimate of drug-likeness (QED) is 0.901. The predicted molar refractivity (Wildman–Crippen MR) is 64.5 cm³/mol. The van der Waals surface area contributed by atoms with E-state index in [2.05, 4.69) is 15.9 Å². The van der Waals surface area contributed by atoms with Gasteiger partial charge in [-0.15, -0.1) is 11.3 Å². The molecule has 0 aliphatic heterocycles. The van der Waals surface area contributed by atoms with Gasteiger partial charge in [0, 0.05) is 7.05 Å². The minimum absolute atomic E-state index is 0.0882. The normalized spacial score (nSPS) is 12.0. The van der Waals surface area contributed by atoms with Gasteiger partial charge in [0.05, 0.1) is 3.79 Å². The summed E-state index contributed by atoms with van der Waals surface area (Å²) in [4.78, 5) is 10.3. The third-order valence-electron chi connectivity index (χ3n) is 1.67. The van der Waals surface area contributed by atoms with E-state index in [9.17, 15) is 13.2 Å². The summed E-state index contributed by atoms with van der Waals surface area (Å²) in [5.74, 6) is -1.23. The van der Waals surface area contributed by atoms with Crippen LogP contribution in [0.3, 0.4) is 0 Å². The molecule has 1 rings (SSSR count). The summed E-state index contributed by atoms with van der Waals surface area (Å²) in [5.41, 5.74) is 0. The number of sulfonamides is 1. The second-order valence-electron chi connectivity index (χ2n) is 2.84. The third kappa shape index (κ3) is 2.95. The molecule has 0 atom stereocenters. The van der Waals surface area contributed by atoms with Crippen molar-refractivity contribution in [2.45, 2.75) is 4.90 Å². The molecule has 1 N–H and O–H groups in total. The van der Waals surface area contributed by atoms with Gasteiger partial charge in [0.25, 0.3) is 0 Å². The molecule has 1 heterocycles. The number of nitrogens with zero attached hydrogens (tertiary/aromatic N) is 1. The summed E-state index contributed by atoms with van der Waals surface area (Å²) in [6, 6.07) is 1.35. The number of aliphatic carboxylic acids is 1. The zero-order valence-corrected chi connectivity index (χ0v) is 12.0. The smallest absolute Gasteiger partial charge is 0.318 e. The highest BCUT2D eigenvalue weighted by Gasteiger charge is 2.26. The topological polar surface area (TPSA) is 74.7 Å². The SMILES string of the molecule is CN(CC(=O)O)S(=O)(=O)c1cc(Br)sc1Cl. The van der Waals surface area contributed by atoms with Crippen LogP contribution in [0.15, 0.2) is 14.7 Å². The van der Waals surface area contributed by atoms with Gasteiger partial charge >= 0.3 is 5.97 Å². The molecular weight excluding hydrogens is 342 g/mol. The number of carbonyl (C=O) groups is 1. The van der Waals surface area contributed by atoms with Crippen molar-refractivity contribution in [3.05, 3.63) is 14.2 Å². The monoisotopic (exact) mass is 347 g/mol. The summed E-state index contributed by atoms with van der Waals surface area (Å²) in [6.45, 7) is -0.605. The Hall–Kier alpha value is -0.150. The molecule has 5 nitrogen and oxygen atoms in total. The minimum Gasteiger partial charge on any atom is -0.480 e. The van der Waals surface area contributed by atoms with Gasteiger partial charge in [-0.2, -0.15) is 4.31 Å². The lowest BCUT2D eigenvalue weighted by Crippen LogP contribution is -2.31. The maximum Gasteiger partial charge on any atom is 0.318 e. The van der Waals surface area contributed by atoms with E-state index in [0.717, 1.165) is 15.6 Å². The molecule has 1 aromatic rings. The highest BCUT2D eigenvalue weighted by Crippen LogP contribution is 2.35. The van der Waals surface area contributed by atoms with Gasteiger partial charge in [0.2, 0.25) is 10.0 Å². The van der Waals surface area contributed by atoms with Gasteiger partial charge in [-0.1, -0.05) is 11.6 Å². The fourth-order valence-electron chi connectivity index (χ4n) is 0.944. The summed E-state index contributed by atoms with van der Waals surface area (Å²) in [7, 11) is -2.66. The average molecular weight is 349 g/mol. The van der Waals surface area contributed by atoms with Crippen LogP contribution in [-0.2, 0) is 14.8 Å². The summed E-state index contributed by atoms with van der Waals surface area (Å²) in [6.07, 6.45) is 0. The lowest BCUT2D eigenvalue weighted by Gasteiger charge is -2.13. The van der Waals surface area contributed by atoms with Gasteiger partial charge in [-0.3, -0.25) is 4.79 Å². The van der Waals surface area contributed by atoms with Crippen LogP contribution in [0.4, 0.5) is 0 Å². The highest BCUT2D eigenvalue weighted by atomic mass is 79.9. The van der Waals surface area contributed by atoms with Crippen molar-refractivity contribution in [1.29, 1.82) is 0 Å². The molecule has 0 bridgehead atoms. The zero-order chi connectivity index (χ0) is 12.5. The Morgan fingerprint density at radius 1 is 1.69 bits per heavy atom. The first-order valence-electron chi connectivity index (χ1n) is 3.88. The molecule has 0 radical (unpaired) electrons. The predicted octanol–water partition coefficient (Wildman–Crippen LogP) is 1.87. The zero-order valence-electron chi connectivity index (χ0n) is 7.98. The molecule has 9 heteroatoms. The van der Waals surface area contributed by atoms with Crippen LogP contribution in [0.2, 0.25) is 4.34 Å². The standard InChI is InChI=1S/C7H7BrClNO4S2/c1-10(3-6(11)12)16(13,14)4-2-5(8)15-7(4)9/h2H,3H2,1H3,(H,11,12). The van der Waals surface area contributed by atoms with E-state index in [-0.39, 0.29) is 9.23 Å². The number of hydrogen-bond acceptors (Lipinski definition) is 4. The number of carboxylic acids is 1. The largest absolute Gasteiger partial charge is 0.480 e. The molecule has 0 aromatic carbocycles. The Morgan fingerprint density at radius 2 is 2.25 bits per heavy atom. The van der Waals surface area contributed by atoms with Crippen LogP contribution < -0.4 is 0 Å². The molecule has 0 amide bonds. The van der Waals surface area contributed by atoms with Crippen LogP contribution >= 0.6 is 38.9 Å². The lowest BCUT2D eigenvalue weighted by molar-refractivity contribution is -0.137. The van der Waals surface area contributed by atoms with E-state index in [1.54, 1.807) is 0 Å². The molecule has 0 aliphatic carbocycles. The van der Waals surface area contributed by atoms with E-state index in [1.807, 2.05) is 0 Å². The number of halogens is 2. The molecule has 0 saturated carbocycles. The van der Waals surface area contributed by atoms with Crippen LogP contribution in [0.5, 0.6) is 0 Å². The fourth-order valence-corrected chi connectivity index (χ4v) is 4.80. The van der Waals surface area contributed by atoms with Gasteiger partial charge in [-0.05, 0) is 22.0 Å². The van der Waals surface area contributed by atoms with E-state index in [4.69, 9.17) is 16.7 Å². The van der Waals surface area contributed by atoms with Crippen molar-refractivity contribution in [1.82, 2.24) is 4.31 Å². The van der Waals surface area contributed by atoms with Gasteiger partial charge in [0.1, 0.15) is 15.8 Å². The summed E-state index contributed by atoms with van der Waals surface area (Å²) >= 11 is 9.92. The second kappa shape index (κ2) is 5.01. The van der Waals surface area contributed by atoms with Crippen molar-refractivity contribution in [2.24, 2.45) is 0 Å². The summed E-state index contributed by atoms with van der Waals surface area (Å²) < 4.78 is 25.1. The van der Waals surface area contributed by atoms with Crippen LogP contribution in [0, 0.1) is 0 Å². The average Bonchev–Trinajstić information content (AvgIpc) is 2.44. The van der Waals surface area contributed by atoms with Crippen molar-refractivity contribution in [3.63, 3.8) is 0 Å². The minimum atomic E-state index is -3.84. The molecule has 1 aromatic heterocycles. The van der Waals surface area contributed by atoms with Crippen molar-refractivity contribution >= 4 is 54.9 Å². The molecule has 90 valence electrons. The molecule has 0 aliphatic rings. The number of likely N-dealkylation sites (N-methyl/N-ethyl adjacent to an activating group) is 1. The number of carboxylic acid groups (broad SMARTS) is 1. The number of thiophene rings is 1. The van der Waals surface area contributed by atoms with Crippen molar-refractivity contribution in [2.75, 3.05) is 13.6 Å². The van der Waals surface area contributed by atoms with Gasteiger partial charge in [-0.25, -0.2) is 8.42 Å². The Kier molecular flexibility index (Phi) is 4.35. The Balaban J connectivity index is 3.11. The van der Waals surface area contributed by atoms with E-state index >= 15 is 0 Å². The van der Waals surface area contributed by atoms with E-state index in [1.165, 1.54) is 13.1 Å². The lowest BCUT2D eigenvalue weighted by atomic mass is 10.7. The van der Waals surface area contributed by atoms with Crippen LogP contribution in [0.25, 0.3) is 0 Å². The Bertz CT molecular complexity index is 512. The fraction of sp³-hybridized carbons (Fsp3) is 0.286. The van der Waals surface area contributed by atoms with Crippen molar-refractivity contribution < 1.29 is 18.3 Å². The second-order valence-corrected chi connectivity index (χ2v) is 7.89. The Labute approximate surface area is 110 Å². The van der Waals surface area contributed by atoms with Gasteiger partial charge in [0.15, 0.2) is 0 Å².